The fourth-order valence-corrected chi connectivity index (χ4v) is 4.62. The van der Waals surface area contributed by atoms with Gasteiger partial charge in [0, 0.05) is 36.4 Å². The van der Waals surface area contributed by atoms with Gasteiger partial charge >= 0.3 is 0 Å². The van der Waals surface area contributed by atoms with Crippen LogP contribution in [0, 0.1) is 17.5 Å². The summed E-state index contributed by atoms with van der Waals surface area (Å²) in [6, 6.07) is 13.9. The first-order valence-electron chi connectivity index (χ1n) is 11.7. The van der Waals surface area contributed by atoms with Crippen LogP contribution in [-0.4, -0.2) is 34.1 Å². The quantitative estimate of drug-likeness (QED) is 0.359. The number of fused-ring (bicyclic) bond motifs is 1. The molecule has 2 aromatic carbocycles. The molecule has 9 heteroatoms. The van der Waals surface area contributed by atoms with Crippen LogP contribution in [0.5, 0.6) is 0 Å². The maximum atomic E-state index is 13.6. The Balaban J connectivity index is 1.38. The number of benzene rings is 2. The van der Waals surface area contributed by atoms with E-state index < -0.39 is 23.5 Å². The third-order valence-electron chi connectivity index (χ3n) is 6.41. The fraction of sp³-hybridized carbons (Fsp3) is 0.179. The molecular formula is C28H23F3N4O2. The van der Waals surface area contributed by atoms with Crippen molar-refractivity contribution in [1.29, 1.82) is 0 Å². The van der Waals surface area contributed by atoms with Crippen molar-refractivity contribution in [2.75, 3.05) is 18.1 Å². The van der Waals surface area contributed by atoms with E-state index in [0.717, 1.165) is 34.5 Å². The van der Waals surface area contributed by atoms with E-state index in [1.807, 2.05) is 17.0 Å². The van der Waals surface area contributed by atoms with Crippen LogP contribution >= 0.6 is 0 Å². The zero-order chi connectivity index (χ0) is 25.9. The number of hydrogen-bond acceptors (Lipinski definition) is 5. The number of nitrogens with zero attached hydrogens (tertiary/aromatic N) is 3. The molecule has 188 valence electrons. The van der Waals surface area contributed by atoms with E-state index in [2.05, 4.69) is 15.3 Å². The molecule has 2 N–H and O–H groups in total. The van der Waals surface area contributed by atoms with E-state index in [1.165, 1.54) is 0 Å². The number of aromatic nitrogens is 2. The number of carbonyl (C=O) groups is 1. The van der Waals surface area contributed by atoms with Gasteiger partial charge in [0.05, 0.1) is 12.6 Å². The maximum Gasteiger partial charge on any atom is 0.252 e. The normalized spacial score (nSPS) is 13.4. The molecule has 6 nitrogen and oxygen atoms in total. The van der Waals surface area contributed by atoms with Gasteiger partial charge in [-0.05, 0) is 83.6 Å². The van der Waals surface area contributed by atoms with Crippen LogP contribution in [0.2, 0.25) is 0 Å². The Kier molecular flexibility index (Phi) is 6.87. The summed E-state index contributed by atoms with van der Waals surface area (Å²) in [4.78, 5) is 23.6. The van der Waals surface area contributed by atoms with Gasteiger partial charge in [0.15, 0.2) is 17.5 Å². The predicted molar refractivity (Wildman–Crippen MR) is 132 cm³/mol. The second-order valence-corrected chi connectivity index (χ2v) is 8.77. The van der Waals surface area contributed by atoms with Gasteiger partial charge < -0.3 is 15.3 Å². The molecular weight excluding hydrogens is 481 g/mol. The number of halogens is 3. The molecule has 0 fully saturated rings. The average molecular weight is 505 g/mol. The van der Waals surface area contributed by atoms with Crippen LogP contribution in [0.3, 0.4) is 0 Å². The Morgan fingerprint density at radius 2 is 1.76 bits per heavy atom. The molecule has 0 bridgehead atoms. The SMILES string of the molecule is O=C(NC(CO)c1ccncc1)c1cccc2c1CCN2c1cc(Cc2cc(F)c(F)c(F)c2)ccn1. The number of amides is 1. The summed E-state index contributed by atoms with van der Waals surface area (Å²) in [5.41, 5.74) is 4.02. The molecule has 5 rings (SSSR count). The van der Waals surface area contributed by atoms with E-state index in [-0.39, 0.29) is 18.9 Å². The number of nitrogens with one attached hydrogen (secondary N) is 1. The van der Waals surface area contributed by atoms with Crippen LogP contribution in [0.25, 0.3) is 0 Å². The summed E-state index contributed by atoms with van der Waals surface area (Å²) in [6.45, 7) is 0.332. The van der Waals surface area contributed by atoms with E-state index in [1.54, 1.807) is 48.9 Å². The third kappa shape index (κ3) is 5.03. The van der Waals surface area contributed by atoms with Gasteiger partial charge in [-0.25, -0.2) is 18.2 Å². The molecule has 0 radical (unpaired) electrons. The Bertz CT molecular complexity index is 1430. The van der Waals surface area contributed by atoms with Crippen molar-refractivity contribution >= 4 is 17.4 Å². The summed E-state index contributed by atoms with van der Waals surface area (Å²) in [5, 5.41) is 12.7. The van der Waals surface area contributed by atoms with Crippen molar-refractivity contribution in [1.82, 2.24) is 15.3 Å². The van der Waals surface area contributed by atoms with Crippen molar-refractivity contribution in [2.24, 2.45) is 0 Å². The number of rotatable bonds is 7. The number of aliphatic hydroxyl groups is 1. The molecule has 4 aromatic rings. The lowest BCUT2D eigenvalue weighted by Crippen LogP contribution is -2.31. The molecule has 1 amide bonds. The first-order valence-corrected chi connectivity index (χ1v) is 11.7. The van der Waals surface area contributed by atoms with E-state index >= 15 is 0 Å². The van der Waals surface area contributed by atoms with Gasteiger partial charge in [-0.2, -0.15) is 0 Å². The number of carbonyl (C=O) groups excluding carboxylic acids is 1. The van der Waals surface area contributed by atoms with E-state index in [4.69, 9.17) is 0 Å². The van der Waals surface area contributed by atoms with Crippen LogP contribution < -0.4 is 10.2 Å². The number of anilines is 2. The molecule has 1 aliphatic rings. The van der Waals surface area contributed by atoms with Crippen LogP contribution in [0.4, 0.5) is 24.7 Å². The van der Waals surface area contributed by atoms with Crippen molar-refractivity contribution in [3.63, 3.8) is 0 Å². The Morgan fingerprint density at radius 3 is 2.49 bits per heavy atom. The van der Waals surface area contributed by atoms with Gasteiger partial charge in [0.1, 0.15) is 5.82 Å². The lowest BCUT2D eigenvalue weighted by molar-refractivity contribution is 0.0915. The van der Waals surface area contributed by atoms with Gasteiger partial charge in [0.25, 0.3) is 5.91 Å². The summed E-state index contributed by atoms with van der Waals surface area (Å²) in [5.74, 6) is -3.61. The minimum absolute atomic E-state index is 0.199. The summed E-state index contributed by atoms with van der Waals surface area (Å²) >= 11 is 0. The number of hydrogen-bond donors (Lipinski definition) is 2. The lowest BCUT2D eigenvalue weighted by atomic mass is 10.0. The maximum absolute atomic E-state index is 13.6. The Hall–Kier alpha value is -4.24. The van der Waals surface area contributed by atoms with Crippen molar-refractivity contribution < 1.29 is 23.1 Å². The Labute approximate surface area is 211 Å². The number of pyridine rings is 2. The highest BCUT2D eigenvalue weighted by molar-refractivity contribution is 5.98. The zero-order valence-electron chi connectivity index (χ0n) is 19.7. The molecule has 1 atom stereocenters. The monoisotopic (exact) mass is 504 g/mol. The predicted octanol–water partition coefficient (Wildman–Crippen LogP) is 4.64. The van der Waals surface area contributed by atoms with Gasteiger partial charge in [-0.1, -0.05) is 6.07 Å². The molecule has 1 unspecified atom stereocenters. The number of aliphatic hydroxyl groups excluding tert-OH is 1. The molecule has 0 saturated heterocycles. The highest BCUT2D eigenvalue weighted by Gasteiger charge is 2.27. The summed E-state index contributed by atoms with van der Waals surface area (Å²) in [6.07, 6.45) is 5.62. The lowest BCUT2D eigenvalue weighted by Gasteiger charge is -2.20. The zero-order valence-corrected chi connectivity index (χ0v) is 19.7. The second-order valence-electron chi connectivity index (χ2n) is 8.77. The van der Waals surface area contributed by atoms with Gasteiger partial charge in [-0.3, -0.25) is 9.78 Å². The molecule has 0 spiro atoms. The summed E-state index contributed by atoms with van der Waals surface area (Å²) < 4.78 is 40.6. The van der Waals surface area contributed by atoms with Crippen LogP contribution in [0.1, 0.15) is 38.7 Å². The van der Waals surface area contributed by atoms with E-state index in [9.17, 15) is 23.1 Å². The summed E-state index contributed by atoms with van der Waals surface area (Å²) in [7, 11) is 0. The average Bonchev–Trinajstić information content (AvgIpc) is 3.35. The van der Waals surface area contributed by atoms with Gasteiger partial charge in [-0.15, -0.1) is 0 Å². The van der Waals surface area contributed by atoms with Crippen molar-refractivity contribution in [3.05, 3.63) is 118 Å². The standard InChI is InChI=1S/C28H23F3N4O2/c29-22-13-18(14-23(30)27(22)31)12-17-4-10-33-26(15-17)35-11-7-20-21(2-1-3-25(20)35)28(37)34-24(16-36)19-5-8-32-9-6-19/h1-6,8-10,13-15,24,36H,7,11-12,16H2,(H,34,37). The van der Waals surface area contributed by atoms with E-state index in [0.29, 0.717) is 29.9 Å². The highest BCUT2D eigenvalue weighted by atomic mass is 19.2. The van der Waals surface area contributed by atoms with Crippen LogP contribution in [-0.2, 0) is 12.8 Å². The largest absolute Gasteiger partial charge is 0.394 e. The molecule has 0 aliphatic carbocycles. The smallest absolute Gasteiger partial charge is 0.252 e. The first kappa shape index (κ1) is 24.5. The molecule has 1 aliphatic heterocycles. The van der Waals surface area contributed by atoms with Crippen molar-refractivity contribution in [2.45, 2.75) is 18.9 Å². The second kappa shape index (κ2) is 10.4. The van der Waals surface area contributed by atoms with Gasteiger partial charge in [0.2, 0.25) is 0 Å². The van der Waals surface area contributed by atoms with Crippen molar-refractivity contribution in [3.8, 4) is 0 Å². The first-order chi connectivity index (χ1) is 17.9. The molecule has 2 aromatic heterocycles. The minimum Gasteiger partial charge on any atom is -0.394 e. The minimum atomic E-state index is -1.49. The van der Waals surface area contributed by atoms with Crippen LogP contribution in [0.15, 0.2) is 73.2 Å². The molecule has 3 heterocycles. The Morgan fingerprint density at radius 1 is 1.00 bits per heavy atom. The molecule has 37 heavy (non-hydrogen) atoms. The highest BCUT2D eigenvalue weighted by Crippen LogP contribution is 2.36. The topological polar surface area (TPSA) is 78.3 Å². The molecule has 0 saturated carbocycles. The third-order valence-corrected chi connectivity index (χ3v) is 6.41. The fourth-order valence-electron chi connectivity index (χ4n) is 4.62.